The molecular formula is C10H20N2O3. The van der Waals surface area contributed by atoms with Gasteiger partial charge in [0, 0.05) is 39.3 Å². The summed E-state index contributed by atoms with van der Waals surface area (Å²) < 4.78 is 10.2. The quantitative estimate of drug-likeness (QED) is 0.589. The smallest absolute Gasteiger partial charge is 0.221 e. The maximum absolute atomic E-state index is 11.4. The molecule has 0 radical (unpaired) electrons. The van der Waals surface area contributed by atoms with Crippen molar-refractivity contribution in [3.8, 4) is 0 Å². The Kier molecular flexibility index (Phi) is 6.31. The molecule has 1 unspecified atom stereocenters. The molecule has 1 rings (SSSR count). The fourth-order valence-electron chi connectivity index (χ4n) is 1.49. The van der Waals surface area contributed by atoms with Gasteiger partial charge in [-0.15, -0.1) is 0 Å². The van der Waals surface area contributed by atoms with E-state index in [1.54, 1.807) is 7.11 Å². The summed E-state index contributed by atoms with van der Waals surface area (Å²) >= 11 is 0. The maximum Gasteiger partial charge on any atom is 0.221 e. The van der Waals surface area contributed by atoms with Crippen molar-refractivity contribution in [3.05, 3.63) is 0 Å². The van der Waals surface area contributed by atoms with Gasteiger partial charge in [0.2, 0.25) is 5.91 Å². The van der Waals surface area contributed by atoms with Crippen LogP contribution in [-0.2, 0) is 14.3 Å². The molecule has 1 amide bonds. The Hall–Kier alpha value is -0.650. The number of morpholine rings is 1. The first-order valence-corrected chi connectivity index (χ1v) is 5.39. The normalized spacial score (nSPS) is 21.3. The van der Waals surface area contributed by atoms with Gasteiger partial charge in [-0.1, -0.05) is 0 Å². The van der Waals surface area contributed by atoms with Gasteiger partial charge in [-0.2, -0.15) is 0 Å². The van der Waals surface area contributed by atoms with Gasteiger partial charge in [0.15, 0.2) is 0 Å². The van der Waals surface area contributed by atoms with Crippen LogP contribution in [0.4, 0.5) is 0 Å². The number of rotatable bonds is 6. The second-order valence-corrected chi connectivity index (χ2v) is 3.63. The molecule has 1 aliphatic heterocycles. The molecule has 0 spiro atoms. The van der Waals surface area contributed by atoms with Crippen molar-refractivity contribution in [2.75, 3.05) is 40.0 Å². The lowest BCUT2D eigenvalue weighted by Crippen LogP contribution is -2.44. The number of amides is 1. The highest BCUT2D eigenvalue weighted by Crippen LogP contribution is 1.97. The third kappa shape index (κ3) is 5.71. The summed E-state index contributed by atoms with van der Waals surface area (Å²) in [5.74, 6) is 0.0779. The number of nitrogens with one attached hydrogen (secondary N) is 2. The fourth-order valence-corrected chi connectivity index (χ4v) is 1.49. The molecule has 88 valence electrons. The standard InChI is InChI=1S/C10H20N2O3/c1-14-5-2-3-12-10(13)7-9-8-15-6-4-11-9/h9,11H,2-8H2,1H3,(H,12,13). The van der Waals surface area contributed by atoms with Crippen molar-refractivity contribution in [3.63, 3.8) is 0 Å². The van der Waals surface area contributed by atoms with Crippen molar-refractivity contribution in [1.82, 2.24) is 10.6 Å². The highest BCUT2D eigenvalue weighted by molar-refractivity contribution is 5.76. The Morgan fingerprint density at radius 2 is 2.53 bits per heavy atom. The second kappa shape index (κ2) is 7.62. The summed E-state index contributed by atoms with van der Waals surface area (Å²) in [4.78, 5) is 11.4. The second-order valence-electron chi connectivity index (χ2n) is 3.63. The van der Waals surface area contributed by atoms with Gasteiger partial charge in [0.05, 0.1) is 13.2 Å². The van der Waals surface area contributed by atoms with E-state index in [1.165, 1.54) is 0 Å². The highest BCUT2D eigenvalue weighted by Gasteiger charge is 2.16. The Bertz CT molecular complexity index is 182. The van der Waals surface area contributed by atoms with E-state index < -0.39 is 0 Å². The van der Waals surface area contributed by atoms with E-state index in [0.717, 1.165) is 19.6 Å². The fraction of sp³-hybridized carbons (Fsp3) is 0.900. The Morgan fingerprint density at radius 1 is 1.67 bits per heavy atom. The van der Waals surface area contributed by atoms with Crippen molar-refractivity contribution < 1.29 is 14.3 Å². The largest absolute Gasteiger partial charge is 0.385 e. The zero-order chi connectivity index (χ0) is 10.9. The number of hydrogen-bond acceptors (Lipinski definition) is 4. The molecule has 1 saturated heterocycles. The molecule has 0 saturated carbocycles. The molecule has 0 aliphatic carbocycles. The van der Waals surface area contributed by atoms with Gasteiger partial charge >= 0.3 is 0 Å². The summed E-state index contributed by atoms with van der Waals surface area (Å²) in [5, 5.41) is 6.09. The zero-order valence-corrected chi connectivity index (χ0v) is 9.25. The predicted octanol–water partition coefficient (Wildman–Crippen LogP) is -0.482. The van der Waals surface area contributed by atoms with Crippen LogP contribution in [0.25, 0.3) is 0 Å². The van der Waals surface area contributed by atoms with E-state index >= 15 is 0 Å². The van der Waals surface area contributed by atoms with Gasteiger partial charge < -0.3 is 20.1 Å². The number of hydrogen-bond donors (Lipinski definition) is 2. The van der Waals surface area contributed by atoms with E-state index in [9.17, 15) is 4.79 Å². The van der Waals surface area contributed by atoms with Gasteiger partial charge in [0.1, 0.15) is 0 Å². The topological polar surface area (TPSA) is 59.6 Å². The summed E-state index contributed by atoms with van der Waals surface area (Å²) in [5.41, 5.74) is 0. The zero-order valence-electron chi connectivity index (χ0n) is 9.25. The van der Waals surface area contributed by atoms with Crippen LogP contribution in [-0.4, -0.2) is 52.0 Å². The molecule has 1 aliphatic rings. The van der Waals surface area contributed by atoms with Gasteiger partial charge in [-0.05, 0) is 6.42 Å². The van der Waals surface area contributed by atoms with Crippen molar-refractivity contribution >= 4 is 5.91 Å². The molecule has 1 atom stereocenters. The summed E-state index contributed by atoms with van der Waals surface area (Å²) in [6.45, 7) is 3.57. The summed E-state index contributed by atoms with van der Waals surface area (Å²) in [6, 6.07) is 0.168. The Balaban J connectivity index is 2.01. The average molecular weight is 216 g/mol. The predicted molar refractivity (Wildman–Crippen MR) is 56.7 cm³/mol. The lowest BCUT2D eigenvalue weighted by molar-refractivity contribution is -0.122. The van der Waals surface area contributed by atoms with Crippen LogP contribution in [0.1, 0.15) is 12.8 Å². The minimum absolute atomic E-state index is 0.0779. The van der Waals surface area contributed by atoms with Crippen LogP contribution in [0, 0.1) is 0 Å². The van der Waals surface area contributed by atoms with Gasteiger partial charge in [-0.3, -0.25) is 4.79 Å². The summed E-state index contributed by atoms with van der Waals surface area (Å²) in [6.07, 6.45) is 1.35. The first-order chi connectivity index (χ1) is 7.33. The lowest BCUT2D eigenvalue weighted by Gasteiger charge is -2.23. The van der Waals surface area contributed by atoms with E-state index in [2.05, 4.69) is 10.6 Å². The molecule has 0 aromatic heterocycles. The molecule has 5 heteroatoms. The molecule has 2 N–H and O–H groups in total. The number of ether oxygens (including phenoxy) is 2. The molecule has 0 aromatic rings. The number of methoxy groups -OCH3 is 1. The van der Waals surface area contributed by atoms with Crippen molar-refractivity contribution in [1.29, 1.82) is 0 Å². The lowest BCUT2D eigenvalue weighted by atomic mass is 10.2. The molecule has 1 heterocycles. The summed E-state index contributed by atoms with van der Waals surface area (Å²) in [7, 11) is 1.66. The molecule has 15 heavy (non-hydrogen) atoms. The van der Waals surface area contributed by atoms with Crippen LogP contribution in [0.15, 0.2) is 0 Å². The van der Waals surface area contributed by atoms with Crippen molar-refractivity contribution in [2.45, 2.75) is 18.9 Å². The third-order valence-corrected chi connectivity index (χ3v) is 2.28. The molecular weight excluding hydrogens is 196 g/mol. The minimum Gasteiger partial charge on any atom is -0.385 e. The van der Waals surface area contributed by atoms with E-state index in [1.807, 2.05) is 0 Å². The van der Waals surface area contributed by atoms with E-state index in [0.29, 0.717) is 26.2 Å². The third-order valence-electron chi connectivity index (χ3n) is 2.28. The Morgan fingerprint density at radius 3 is 3.20 bits per heavy atom. The first kappa shape index (κ1) is 12.4. The average Bonchev–Trinajstić information content (AvgIpc) is 2.26. The van der Waals surface area contributed by atoms with Gasteiger partial charge in [-0.25, -0.2) is 0 Å². The molecule has 1 fully saturated rings. The molecule has 0 bridgehead atoms. The van der Waals surface area contributed by atoms with Crippen LogP contribution >= 0.6 is 0 Å². The van der Waals surface area contributed by atoms with Crippen LogP contribution in [0.2, 0.25) is 0 Å². The SMILES string of the molecule is COCCCNC(=O)CC1COCCN1. The van der Waals surface area contributed by atoms with Crippen LogP contribution < -0.4 is 10.6 Å². The number of carbonyl (C=O) groups is 1. The maximum atomic E-state index is 11.4. The molecule has 5 nitrogen and oxygen atoms in total. The highest BCUT2D eigenvalue weighted by atomic mass is 16.5. The van der Waals surface area contributed by atoms with Crippen molar-refractivity contribution in [2.24, 2.45) is 0 Å². The van der Waals surface area contributed by atoms with Crippen LogP contribution in [0.3, 0.4) is 0 Å². The minimum atomic E-state index is 0.0779. The van der Waals surface area contributed by atoms with E-state index in [4.69, 9.17) is 9.47 Å². The van der Waals surface area contributed by atoms with E-state index in [-0.39, 0.29) is 11.9 Å². The monoisotopic (exact) mass is 216 g/mol. The first-order valence-electron chi connectivity index (χ1n) is 5.39. The Labute approximate surface area is 90.5 Å². The molecule has 0 aromatic carbocycles. The van der Waals surface area contributed by atoms with Gasteiger partial charge in [0.25, 0.3) is 0 Å². The number of carbonyl (C=O) groups excluding carboxylic acids is 1. The van der Waals surface area contributed by atoms with Crippen LogP contribution in [0.5, 0.6) is 0 Å².